The van der Waals surface area contributed by atoms with Gasteiger partial charge in [0.05, 0.1) is 18.7 Å². The topological polar surface area (TPSA) is 86.2 Å². The standard InChI is InChI=1S/C20H38N4O3.HI/c1-6-21-17(22-14-20(5)11-8-7-9-16(20)25)24-12-10-15(13-24)23-18(26)27-19(2,3)4;/h15-16,25H,6-14H2,1-5H3,(H,21,22)(H,23,26);1H. The molecule has 0 spiro atoms. The van der Waals surface area contributed by atoms with E-state index in [2.05, 4.69) is 29.4 Å². The number of rotatable bonds is 4. The van der Waals surface area contributed by atoms with Crippen LogP contribution < -0.4 is 10.6 Å². The molecular weight excluding hydrogens is 471 g/mol. The number of aliphatic hydroxyl groups is 1. The summed E-state index contributed by atoms with van der Waals surface area (Å²) in [5, 5.41) is 16.7. The number of nitrogens with zero attached hydrogens (tertiary/aromatic N) is 2. The number of ether oxygens (including phenoxy) is 1. The summed E-state index contributed by atoms with van der Waals surface area (Å²) in [6.07, 6.45) is 4.36. The second-order valence-corrected chi connectivity index (χ2v) is 9.16. The van der Waals surface area contributed by atoms with Crippen LogP contribution in [0, 0.1) is 5.41 Å². The van der Waals surface area contributed by atoms with Gasteiger partial charge >= 0.3 is 6.09 Å². The van der Waals surface area contributed by atoms with Crippen LogP contribution in [0.4, 0.5) is 4.79 Å². The minimum absolute atomic E-state index is 0. The van der Waals surface area contributed by atoms with Crippen molar-refractivity contribution in [3.63, 3.8) is 0 Å². The summed E-state index contributed by atoms with van der Waals surface area (Å²) in [5.41, 5.74) is -0.637. The van der Waals surface area contributed by atoms with Gasteiger partial charge in [-0.3, -0.25) is 4.99 Å². The highest BCUT2D eigenvalue weighted by Gasteiger charge is 2.36. The Balaban J connectivity index is 0.00000392. The molecule has 8 heteroatoms. The zero-order chi connectivity index (χ0) is 20.1. The highest BCUT2D eigenvalue weighted by molar-refractivity contribution is 14.0. The van der Waals surface area contributed by atoms with Crippen molar-refractivity contribution in [2.24, 2.45) is 10.4 Å². The number of nitrogens with one attached hydrogen (secondary N) is 2. The zero-order valence-corrected chi connectivity index (χ0v) is 20.4. The number of aliphatic hydroxyl groups excluding tert-OH is 1. The monoisotopic (exact) mass is 510 g/mol. The lowest BCUT2D eigenvalue weighted by Gasteiger charge is -2.37. The molecule has 0 radical (unpaired) electrons. The maximum atomic E-state index is 12.0. The number of aliphatic imine (C=N–C) groups is 1. The molecule has 7 nitrogen and oxygen atoms in total. The molecule has 2 fully saturated rings. The summed E-state index contributed by atoms with van der Waals surface area (Å²) in [4.78, 5) is 19.0. The number of likely N-dealkylation sites (tertiary alicyclic amines) is 1. The molecule has 1 heterocycles. The molecule has 1 saturated heterocycles. The van der Waals surface area contributed by atoms with Crippen LogP contribution >= 0.6 is 24.0 Å². The van der Waals surface area contributed by atoms with Crippen molar-refractivity contribution in [1.29, 1.82) is 0 Å². The fourth-order valence-corrected chi connectivity index (χ4v) is 3.79. The van der Waals surface area contributed by atoms with Crippen LogP contribution in [0.5, 0.6) is 0 Å². The van der Waals surface area contributed by atoms with E-state index < -0.39 is 5.60 Å². The van der Waals surface area contributed by atoms with E-state index >= 15 is 0 Å². The fourth-order valence-electron chi connectivity index (χ4n) is 3.79. The Bertz CT molecular complexity index is 538. The van der Waals surface area contributed by atoms with E-state index in [-0.39, 0.29) is 47.6 Å². The second-order valence-electron chi connectivity index (χ2n) is 9.16. The van der Waals surface area contributed by atoms with E-state index in [0.29, 0.717) is 13.1 Å². The van der Waals surface area contributed by atoms with Crippen LogP contribution in [0.25, 0.3) is 0 Å². The number of carbonyl (C=O) groups is 1. The number of hydrogen-bond donors (Lipinski definition) is 3. The molecule has 0 aromatic carbocycles. The minimum atomic E-state index is -0.491. The van der Waals surface area contributed by atoms with Gasteiger partial charge in [-0.2, -0.15) is 0 Å². The summed E-state index contributed by atoms with van der Waals surface area (Å²) < 4.78 is 5.35. The molecule has 28 heavy (non-hydrogen) atoms. The summed E-state index contributed by atoms with van der Waals surface area (Å²) in [7, 11) is 0. The Hall–Kier alpha value is -0.770. The molecule has 1 saturated carbocycles. The van der Waals surface area contributed by atoms with E-state index in [0.717, 1.165) is 51.2 Å². The summed E-state index contributed by atoms with van der Waals surface area (Å²) >= 11 is 0. The minimum Gasteiger partial charge on any atom is -0.444 e. The van der Waals surface area contributed by atoms with E-state index in [9.17, 15) is 9.90 Å². The smallest absolute Gasteiger partial charge is 0.407 e. The molecule has 0 bridgehead atoms. The van der Waals surface area contributed by atoms with E-state index in [1.807, 2.05) is 20.8 Å². The lowest BCUT2D eigenvalue weighted by Crippen LogP contribution is -2.45. The highest BCUT2D eigenvalue weighted by atomic mass is 127. The third-order valence-corrected chi connectivity index (χ3v) is 5.41. The largest absolute Gasteiger partial charge is 0.444 e. The van der Waals surface area contributed by atoms with Gasteiger partial charge in [0, 0.05) is 25.0 Å². The quantitative estimate of drug-likeness (QED) is 0.308. The van der Waals surface area contributed by atoms with Crippen molar-refractivity contribution >= 4 is 36.0 Å². The van der Waals surface area contributed by atoms with Crippen LogP contribution in [-0.2, 0) is 4.74 Å². The second kappa shape index (κ2) is 10.8. The van der Waals surface area contributed by atoms with Crippen LogP contribution in [0.3, 0.4) is 0 Å². The number of halogens is 1. The lowest BCUT2D eigenvalue weighted by atomic mass is 9.73. The van der Waals surface area contributed by atoms with Crippen LogP contribution in [0.1, 0.15) is 66.7 Å². The predicted octanol–water partition coefficient (Wildman–Crippen LogP) is 3.11. The average Bonchev–Trinajstić information content (AvgIpc) is 3.01. The number of amides is 1. The van der Waals surface area contributed by atoms with Crippen molar-refractivity contribution in [3.8, 4) is 0 Å². The molecule has 0 aromatic heterocycles. The molecule has 1 aliphatic heterocycles. The van der Waals surface area contributed by atoms with Crippen molar-refractivity contribution < 1.29 is 14.6 Å². The molecule has 1 aliphatic carbocycles. The van der Waals surface area contributed by atoms with Gasteiger partial charge in [0.25, 0.3) is 0 Å². The van der Waals surface area contributed by atoms with Gasteiger partial charge in [0.2, 0.25) is 0 Å². The molecule has 164 valence electrons. The summed E-state index contributed by atoms with van der Waals surface area (Å²) in [5.74, 6) is 0.866. The summed E-state index contributed by atoms with van der Waals surface area (Å²) in [6, 6.07) is 0.0552. The van der Waals surface area contributed by atoms with Gasteiger partial charge in [0.1, 0.15) is 5.60 Å². The first-order chi connectivity index (χ1) is 12.6. The summed E-state index contributed by atoms with van der Waals surface area (Å²) in [6.45, 7) is 12.8. The number of alkyl carbamates (subject to hydrolysis) is 1. The van der Waals surface area contributed by atoms with Crippen molar-refractivity contribution in [2.75, 3.05) is 26.2 Å². The number of carbonyl (C=O) groups excluding carboxylic acids is 1. The average molecular weight is 510 g/mol. The van der Waals surface area contributed by atoms with Gasteiger partial charge < -0.3 is 25.4 Å². The Labute approximate surface area is 187 Å². The Morgan fingerprint density at radius 2 is 2.04 bits per heavy atom. The molecule has 3 atom stereocenters. The van der Waals surface area contributed by atoms with Crippen molar-refractivity contribution in [2.45, 2.75) is 84.5 Å². The van der Waals surface area contributed by atoms with Gasteiger partial charge in [-0.05, 0) is 47.0 Å². The van der Waals surface area contributed by atoms with Crippen LogP contribution in [0.2, 0.25) is 0 Å². The van der Waals surface area contributed by atoms with E-state index in [4.69, 9.17) is 9.73 Å². The van der Waals surface area contributed by atoms with Crippen molar-refractivity contribution in [1.82, 2.24) is 15.5 Å². The maximum Gasteiger partial charge on any atom is 0.407 e. The zero-order valence-electron chi connectivity index (χ0n) is 18.1. The maximum absolute atomic E-state index is 12.0. The number of hydrogen-bond acceptors (Lipinski definition) is 4. The first-order valence-corrected chi connectivity index (χ1v) is 10.3. The molecular formula is C20H39IN4O3. The number of guanidine groups is 1. The van der Waals surface area contributed by atoms with Crippen LogP contribution in [-0.4, -0.2) is 66.0 Å². The molecule has 1 amide bonds. The third kappa shape index (κ3) is 7.57. The molecule has 3 unspecified atom stereocenters. The molecule has 2 aliphatic rings. The Morgan fingerprint density at radius 3 is 2.64 bits per heavy atom. The third-order valence-electron chi connectivity index (χ3n) is 5.41. The van der Waals surface area contributed by atoms with Gasteiger partial charge in [-0.25, -0.2) is 4.79 Å². The Morgan fingerprint density at radius 1 is 1.32 bits per heavy atom. The SMILES string of the molecule is CCNC(=NCC1(C)CCCCC1O)N1CCC(NC(=O)OC(C)(C)C)C1.I. The van der Waals surface area contributed by atoms with Crippen molar-refractivity contribution in [3.05, 3.63) is 0 Å². The van der Waals surface area contributed by atoms with Gasteiger partial charge in [-0.15, -0.1) is 24.0 Å². The predicted molar refractivity (Wildman–Crippen MR) is 123 cm³/mol. The molecule has 0 aromatic rings. The highest BCUT2D eigenvalue weighted by Crippen LogP contribution is 2.36. The first kappa shape index (κ1) is 25.3. The Kier molecular flexibility index (Phi) is 9.79. The van der Waals surface area contributed by atoms with Gasteiger partial charge in [0.15, 0.2) is 5.96 Å². The molecule has 2 rings (SSSR count). The van der Waals surface area contributed by atoms with Gasteiger partial charge in [-0.1, -0.05) is 19.8 Å². The normalized spacial score (nSPS) is 28.5. The van der Waals surface area contributed by atoms with E-state index in [1.54, 1.807) is 0 Å². The molecule has 3 N–H and O–H groups in total. The fraction of sp³-hybridized carbons (Fsp3) is 0.900. The van der Waals surface area contributed by atoms with Crippen LogP contribution in [0.15, 0.2) is 4.99 Å². The first-order valence-electron chi connectivity index (χ1n) is 10.3. The van der Waals surface area contributed by atoms with E-state index in [1.165, 1.54) is 0 Å². The lowest BCUT2D eigenvalue weighted by molar-refractivity contribution is 0.00705.